The highest BCUT2D eigenvalue weighted by atomic mass is 35.5. The van der Waals surface area contributed by atoms with Gasteiger partial charge in [0.05, 0.1) is 39.2 Å². The number of hydrogen-bond acceptors (Lipinski definition) is 10. The lowest BCUT2D eigenvalue weighted by atomic mass is 9.95. The molecule has 4 atom stereocenters. The number of halogens is 4. The van der Waals surface area contributed by atoms with Crippen LogP contribution in [0.5, 0.6) is 6.01 Å². The topological polar surface area (TPSA) is 110 Å². The van der Waals surface area contributed by atoms with Gasteiger partial charge in [-0.25, -0.2) is 23.0 Å². The molecular formula is C39H42ClF3N8O3S. The van der Waals surface area contributed by atoms with Crippen LogP contribution in [0.1, 0.15) is 58.4 Å². The number of alkyl halides is 1. The average Bonchev–Trinajstić information content (AvgIpc) is 3.84. The SMILES string of the molecule is CN(C)/C=N/c1sc2c(F)ccc(-c3c(Cl)cc4c(N5C[C@@H]6CC[C@@H](C5)N6C(=O)OC(C)(C)C)nc(OC[C@@]56CCCN5C[C@H](F)C6)nc4c3F)c2c1C#N. The highest BCUT2D eigenvalue weighted by Gasteiger charge is 2.50. The van der Waals surface area contributed by atoms with E-state index < -0.39 is 28.9 Å². The number of aliphatic imine (C=N–C) groups is 1. The van der Waals surface area contributed by atoms with Gasteiger partial charge in [0.1, 0.15) is 46.6 Å². The molecule has 290 valence electrons. The molecular weight excluding hydrogens is 753 g/mol. The fourth-order valence-electron chi connectivity index (χ4n) is 8.78. The van der Waals surface area contributed by atoms with Crippen molar-refractivity contribution in [3.63, 3.8) is 0 Å². The van der Waals surface area contributed by atoms with Crippen molar-refractivity contribution in [1.29, 1.82) is 5.26 Å². The van der Waals surface area contributed by atoms with Crippen molar-refractivity contribution in [3.05, 3.63) is 40.4 Å². The molecule has 2 bridgehead atoms. The van der Waals surface area contributed by atoms with Gasteiger partial charge in [-0.05, 0) is 70.7 Å². The maximum Gasteiger partial charge on any atom is 0.410 e. The first kappa shape index (κ1) is 37.5. The molecule has 0 N–H and O–H groups in total. The summed E-state index contributed by atoms with van der Waals surface area (Å²) in [5, 5.41) is 11.1. The van der Waals surface area contributed by atoms with Crippen LogP contribution in [-0.2, 0) is 4.74 Å². The van der Waals surface area contributed by atoms with Crippen LogP contribution in [0, 0.1) is 23.0 Å². The molecule has 1 amide bonds. The molecule has 8 rings (SSSR count). The van der Waals surface area contributed by atoms with Crippen molar-refractivity contribution < 1.29 is 27.4 Å². The summed E-state index contributed by atoms with van der Waals surface area (Å²) in [5.41, 5.74) is -0.978. The Balaban J connectivity index is 1.25. The molecule has 16 heteroatoms. The maximum absolute atomic E-state index is 17.4. The Morgan fingerprint density at radius 3 is 2.64 bits per heavy atom. The summed E-state index contributed by atoms with van der Waals surface area (Å²) in [6, 6.07) is 5.96. The maximum atomic E-state index is 17.4. The second kappa shape index (κ2) is 14.0. The Kier molecular flexibility index (Phi) is 9.53. The molecule has 4 aliphatic heterocycles. The minimum atomic E-state index is -0.965. The van der Waals surface area contributed by atoms with Crippen molar-refractivity contribution >= 4 is 67.2 Å². The number of aromatic nitrogens is 2. The fourth-order valence-corrected chi connectivity index (χ4v) is 10.1. The third-order valence-corrected chi connectivity index (χ3v) is 12.4. The molecule has 11 nitrogen and oxygen atoms in total. The highest BCUT2D eigenvalue weighted by Crippen LogP contribution is 2.48. The van der Waals surface area contributed by atoms with Crippen molar-refractivity contribution in [1.82, 2.24) is 24.7 Å². The zero-order valence-electron chi connectivity index (χ0n) is 31.3. The minimum Gasteiger partial charge on any atom is -0.461 e. The summed E-state index contributed by atoms with van der Waals surface area (Å²) in [5.74, 6) is -0.980. The Morgan fingerprint density at radius 2 is 1.95 bits per heavy atom. The van der Waals surface area contributed by atoms with E-state index >= 15 is 8.78 Å². The number of rotatable bonds is 7. The van der Waals surface area contributed by atoms with Crippen LogP contribution >= 0.6 is 22.9 Å². The van der Waals surface area contributed by atoms with Crippen LogP contribution in [0.3, 0.4) is 0 Å². The lowest BCUT2D eigenvalue weighted by Crippen LogP contribution is -2.57. The molecule has 55 heavy (non-hydrogen) atoms. The van der Waals surface area contributed by atoms with Gasteiger partial charge in [0.15, 0.2) is 5.82 Å². The van der Waals surface area contributed by atoms with Crippen LogP contribution in [-0.4, -0.2) is 113 Å². The monoisotopic (exact) mass is 794 g/mol. The standard InChI is InChI=1S/C39H42ClF3N8O3S/c1-38(2,3)54-37(52)51-22-7-8-23(51)18-49(17-22)34-25-13-27(40)30(24-9-10-28(42)33-29(24)26(15-44)35(55-33)45-20-48(4)5)31(43)32(25)46-36(47-34)53-19-39-11-6-12-50(39)16-21(41)14-39/h9-10,13,20-23H,6-8,11-12,14,16-19H2,1-5H3/b45-20+/t21-,22+,23+,39+/m1/s1. The molecule has 0 radical (unpaired) electrons. The summed E-state index contributed by atoms with van der Waals surface area (Å²) in [4.78, 5) is 34.8. The van der Waals surface area contributed by atoms with Gasteiger partial charge in [-0.15, -0.1) is 11.3 Å². The lowest BCUT2D eigenvalue weighted by Gasteiger charge is -2.42. The van der Waals surface area contributed by atoms with Crippen LogP contribution in [0.15, 0.2) is 23.2 Å². The normalized spacial score (nSPS) is 24.0. The zero-order chi connectivity index (χ0) is 39.0. The van der Waals surface area contributed by atoms with E-state index in [4.69, 9.17) is 26.1 Å². The summed E-state index contributed by atoms with van der Waals surface area (Å²) < 4.78 is 59.6. The van der Waals surface area contributed by atoms with E-state index in [1.54, 1.807) is 30.0 Å². The number of anilines is 1. The van der Waals surface area contributed by atoms with Gasteiger partial charge >= 0.3 is 12.1 Å². The van der Waals surface area contributed by atoms with Crippen LogP contribution in [0.25, 0.3) is 32.1 Å². The number of fused-ring (bicyclic) bond motifs is 5. The Hall–Kier alpha value is -4.39. The van der Waals surface area contributed by atoms with Crippen LogP contribution < -0.4 is 9.64 Å². The molecule has 0 aliphatic carbocycles. The molecule has 0 unspecified atom stereocenters. The van der Waals surface area contributed by atoms with Gasteiger partial charge in [0, 0.05) is 56.5 Å². The lowest BCUT2D eigenvalue weighted by molar-refractivity contribution is 0.0122. The fraction of sp³-hybridized carbons (Fsp3) is 0.513. The number of benzene rings is 2. The number of carbonyl (C=O) groups excluding carboxylic acids is 1. The molecule has 2 aromatic heterocycles. The molecule has 0 saturated carbocycles. The van der Waals surface area contributed by atoms with E-state index in [9.17, 15) is 14.4 Å². The van der Waals surface area contributed by atoms with Crippen LogP contribution in [0.2, 0.25) is 5.02 Å². The van der Waals surface area contributed by atoms with Gasteiger partial charge in [0.25, 0.3) is 0 Å². The molecule has 2 aromatic carbocycles. The molecule has 6 heterocycles. The zero-order valence-corrected chi connectivity index (χ0v) is 32.9. The molecule has 4 saturated heterocycles. The largest absolute Gasteiger partial charge is 0.461 e. The van der Waals surface area contributed by atoms with Gasteiger partial charge in [0.2, 0.25) is 0 Å². The summed E-state index contributed by atoms with van der Waals surface area (Å²) in [6.45, 7) is 7.56. The summed E-state index contributed by atoms with van der Waals surface area (Å²) in [6.07, 6.45) is 3.72. The predicted octanol–water partition coefficient (Wildman–Crippen LogP) is 8.08. The number of carbonyl (C=O) groups is 1. The smallest absolute Gasteiger partial charge is 0.410 e. The van der Waals surface area contributed by atoms with E-state index in [0.29, 0.717) is 37.3 Å². The van der Waals surface area contributed by atoms with Crippen LogP contribution in [0.4, 0.5) is 28.8 Å². The number of ether oxygens (including phenoxy) is 2. The number of nitriles is 1. The summed E-state index contributed by atoms with van der Waals surface area (Å²) in [7, 11) is 3.54. The predicted molar refractivity (Wildman–Crippen MR) is 207 cm³/mol. The Morgan fingerprint density at radius 1 is 1.20 bits per heavy atom. The molecule has 4 aromatic rings. The average molecular weight is 795 g/mol. The minimum absolute atomic E-state index is 0.0145. The number of hydrogen-bond donors (Lipinski definition) is 0. The van der Waals surface area contributed by atoms with Crippen molar-refractivity contribution in [3.8, 4) is 23.2 Å². The summed E-state index contributed by atoms with van der Waals surface area (Å²) >= 11 is 7.98. The number of thiophene rings is 1. The first-order valence-corrected chi connectivity index (χ1v) is 19.7. The second-order valence-electron chi connectivity index (χ2n) is 16.2. The van der Waals surface area contributed by atoms with E-state index in [0.717, 1.165) is 43.6 Å². The van der Waals surface area contributed by atoms with Crippen molar-refractivity contribution in [2.75, 3.05) is 51.8 Å². The third kappa shape index (κ3) is 6.69. The first-order valence-electron chi connectivity index (χ1n) is 18.5. The Labute approximate surface area is 326 Å². The Bertz CT molecular complexity index is 2260. The number of amides is 1. The highest BCUT2D eigenvalue weighted by molar-refractivity contribution is 7.23. The van der Waals surface area contributed by atoms with Gasteiger partial charge < -0.3 is 19.3 Å². The first-order chi connectivity index (χ1) is 26.2. The third-order valence-electron chi connectivity index (χ3n) is 11.0. The molecule has 0 spiro atoms. The molecule has 4 aliphatic rings. The molecule has 4 fully saturated rings. The second-order valence-corrected chi connectivity index (χ2v) is 17.6. The van der Waals surface area contributed by atoms with Crippen molar-refractivity contribution in [2.24, 2.45) is 4.99 Å². The van der Waals surface area contributed by atoms with E-state index in [1.165, 1.54) is 18.5 Å². The van der Waals surface area contributed by atoms with E-state index in [1.807, 2.05) is 25.7 Å². The van der Waals surface area contributed by atoms with Gasteiger partial charge in [-0.2, -0.15) is 15.2 Å². The number of piperazine rings is 1. The van der Waals surface area contributed by atoms with Gasteiger partial charge in [-0.3, -0.25) is 9.80 Å². The van der Waals surface area contributed by atoms with Gasteiger partial charge in [-0.1, -0.05) is 17.7 Å². The quantitative estimate of drug-likeness (QED) is 0.136. The van der Waals surface area contributed by atoms with Crippen molar-refractivity contribution in [2.45, 2.75) is 82.3 Å². The van der Waals surface area contributed by atoms with E-state index in [-0.39, 0.29) is 73.1 Å². The number of nitrogens with zero attached hydrogens (tertiary/aromatic N) is 8. The van der Waals surface area contributed by atoms with E-state index in [2.05, 4.69) is 20.9 Å².